The SMILES string of the molecule is CCNC(=NCC(C)c1ccc(C)cc1)NCCN1C(=O)C2C3C=CC(C3)C2C1=O.I. The van der Waals surface area contributed by atoms with Crippen LogP contribution in [0.3, 0.4) is 0 Å². The highest BCUT2D eigenvalue weighted by Gasteiger charge is 2.58. The third kappa shape index (κ3) is 4.81. The van der Waals surface area contributed by atoms with Crippen molar-refractivity contribution in [3.8, 4) is 0 Å². The molecule has 1 aromatic rings. The highest BCUT2D eigenvalue weighted by Crippen LogP contribution is 2.52. The quantitative estimate of drug-likeness (QED) is 0.185. The molecule has 2 fully saturated rings. The van der Waals surface area contributed by atoms with Gasteiger partial charge in [0.25, 0.3) is 0 Å². The van der Waals surface area contributed by atoms with Gasteiger partial charge in [-0.1, -0.05) is 48.9 Å². The van der Waals surface area contributed by atoms with Crippen molar-refractivity contribution < 1.29 is 9.59 Å². The third-order valence-electron chi connectivity index (χ3n) is 6.70. The second-order valence-electron chi connectivity index (χ2n) is 8.79. The molecule has 168 valence electrons. The van der Waals surface area contributed by atoms with Gasteiger partial charge in [-0.3, -0.25) is 19.5 Å². The molecule has 2 aliphatic carbocycles. The largest absolute Gasteiger partial charge is 0.357 e. The first kappa shape index (κ1) is 23.8. The first-order valence-electron chi connectivity index (χ1n) is 11.1. The van der Waals surface area contributed by atoms with Crippen molar-refractivity contribution in [3.63, 3.8) is 0 Å². The molecule has 0 aromatic heterocycles. The highest BCUT2D eigenvalue weighted by molar-refractivity contribution is 14.0. The van der Waals surface area contributed by atoms with Crippen LogP contribution in [0.4, 0.5) is 0 Å². The smallest absolute Gasteiger partial charge is 0.233 e. The van der Waals surface area contributed by atoms with Gasteiger partial charge in [0.2, 0.25) is 11.8 Å². The fourth-order valence-corrected chi connectivity index (χ4v) is 5.04. The predicted molar refractivity (Wildman–Crippen MR) is 133 cm³/mol. The molecule has 6 nitrogen and oxygen atoms in total. The molecule has 31 heavy (non-hydrogen) atoms. The minimum Gasteiger partial charge on any atom is -0.357 e. The van der Waals surface area contributed by atoms with E-state index in [1.807, 2.05) is 6.92 Å². The topological polar surface area (TPSA) is 73.8 Å². The molecular weight excluding hydrogens is 503 g/mol. The summed E-state index contributed by atoms with van der Waals surface area (Å²) in [6, 6.07) is 8.55. The summed E-state index contributed by atoms with van der Waals surface area (Å²) in [6.45, 7) is 8.60. The number of benzene rings is 1. The van der Waals surface area contributed by atoms with Crippen molar-refractivity contribution >= 4 is 41.8 Å². The summed E-state index contributed by atoms with van der Waals surface area (Å²) in [5.41, 5.74) is 2.52. The van der Waals surface area contributed by atoms with Crippen LogP contribution in [-0.2, 0) is 9.59 Å². The van der Waals surface area contributed by atoms with Gasteiger partial charge in [0.15, 0.2) is 5.96 Å². The monoisotopic (exact) mass is 536 g/mol. The predicted octanol–water partition coefficient (Wildman–Crippen LogP) is 3.08. The number of carbonyl (C=O) groups is 2. The average molecular weight is 536 g/mol. The van der Waals surface area contributed by atoms with Crippen LogP contribution < -0.4 is 10.6 Å². The maximum absolute atomic E-state index is 12.8. The number of fused-ring (bicyclic) bond motifs is 5. The Hall–Kier alpha value is -1.90. The van der Waals surface area contributed by atoms with Crippen LogP contribution in [0.15, 0.2) is 41.4 Å². The molecule has 7 heteroatoms. The number of allylic oxidation sites excluding steroid dienone is 2. The molecule has 5 atom stereocenters. The number of aliphatic imine (C=N–C) groups is 1. The van der Waals surface area contributed by atoms with Crippen LogP contribution in [0.25, 0.3) is 0 Å². The third-order valence-corrected chi connectivity index (χ3v) is 6.70. The number of nitrogens with zero attached hydrogens (tertiary/aromatic N) is 2. The minimum absolute atomic E-state index is 0. The van der Waals surface area contributed by atoms with Gasteiger partial charge in [0, 0.05) is 32.1 Å². The summed E-state index contributed by atoms with van der Waals surface area (Å²) in [7, 11) is 0. The Morgan fingerprint density at radius 3 is 2.29 bits per heavy atom. The number of aryl methyl sites for hydroxylation is 1. The van der Waals surface area contributed by atoms with Crippen LogP contribution in [0, 0.1) is 30.6 Å². The summed E-state index contributed by atoms with van der Waals surface area (Å²) in [4.78, 5) is 31.7. The standard InChI is InChI=1S/C24H32N4O2.HI/c1-4-25-24(27-14-16(3)17-7-5-15(2)6-8-17)26-11-12-28-22(29)20-18-9-10-19(13-18)21(20)23(28)30;/h5-10,16,18-21H,4,11-14H2,1-3H3,(H2,25,26,27);1H. The molecule has 1 heterocycles. The lowest BCUT2D eigenvalue weighted by molar-refractivity contribution is -0.140. The second kappa shape index (κ2) is 10.1. The lowest BCUT2D eigenvalue weighted by Crippen LogP contribution is -2.43. The average Bonchev–Trinajstić information content (AvgIpc) is 3.42. The van der Waals surface area contributed by atoms with Crippen molar-refractivity contribution in [1.29, 1.82) is 0 Å². The van der Waals surface area contributed by atoms with E-state index in [1.54, 1.807) is 0 Å². The van der Waals surface area contributed by atoms with E-state index in [4.69, 9.17) is 4.99 Å². The summed E-state index contributed by atoms with van der Waals surface area (Å²) < 4.78 is 0. The number of likely N-dealkylation sites (tertiary alicyclic amines) is 1. The van der Waals surface area contributed by atoms with Gasteiger partial charge in [-0.25, -0.2) is 0 Å². The number of hydrogen-bond acceptors (Lipinski definition) is 3. The van der Waals surface area contributed by atoms with Gasteiger partial charge in [0.05, 0.1) is 11.8 Å². The van der Waals surface area contributed by atoms with Crippen LogP contribution in [-0.4, -0.2) is 48.9 Å². The molecule has 5 unspecified atom stereocenters. The Labute approximate surface area is 202 Å². The molecule has 1 aliphatic heterocycles. The number of hydrogen-bond donors (Lipinski definition) is 2. The molecule has 0 radical (unpaired) electrons. The first-order chi connectivity index (χ1) is 14.5. The van der Waals surface area contributed by atoms with Gasteiger partial charge in [-0.2, -0.15) is 0 Å². The number of imide groups is 1. The molecular formula is C24H33IN4O2. The van der Waals surface area contributed by atoms with Gasteiger partial charge in [-0.15, -0.1) is 24.0 Å². The van der Waals surface area contributed by atoms with Gasteiger partial charge in [-0.05, 0) is 37.7 Å². The van der Waals surface area contributed by atoms with E-state index in [-0.39, 0.29) is 59.5 Å². The zero-order valence-electron chi connectivity index (χ0n) is 18.5. The van der Waals surface area contributed by atoms with Crippen LogP contribution in [0.2, 0.25) is 0 Å². The Bertz CT molecular complexity index is 837. The van der Waals surface area contributed by atoms with Crippen LogP contribution in [0.1, 0.15) is 37.3 Å². The van der Waals surface area contributed by atoms with Crippen LogP contribution >= 0.6 is 24.0 Å². The van der Waals surface area contributed by atoms with Gasteiger partial charge in [0.1, 0.15) is 0 Å². The highest BCUT2D eigenvalue weighted by atomic mass is 127. The number of rotatable bonds is 7. The number of nitrogens with one attached hydrogen (secondary N) is 2. The maximum atomic E-state index is 12.8. The minimum atomic E-state index is -0.121. The van der Waals surface area contributed by atoms with E-state index in [0.29, 0.717) is 25.6 Å². The second-order valence-corrected chi connectivity index (χ2v) is 8.79. The van der Waals surface area contributed by atoms with E-state index in [1.165, 1.54) is 16.0 Å². The zero-order chi connectivity index (χ0) is 21.3. The lowest BCUT2D eigenvalue weighted by Gasteiger charge is -2.19. The lowest BCUT2D eigenvalue weighted by atomic mass is 9.85. The Kier molecular flexibility index (Phi) is 7.78. The number of guanidine groups is 1. The Morgan fingerprint density at radius 2 is 1.71 bits per heavy atom. The molecule has 2 amide bonds. The van der Waals surface area contributed by atoms with E-state index in [9.17, 15) is 9.59 Å². The fourth-order valence-electron chi connectivity index (χ4n) is 5.04. The molecule has 1 saturated carbocycles. The van der Waals surface area contributed by atoms with E-state index in [0.717, 1.165) is 18.9 Å². The van der Waals surface area contributed by atoms with E-state index < -0.39 is 0 Å². The summed E-state index contributed by atoms with van der Waals surface area (Å²) in [6.07, 6.45) is 5.23. The number of amides is 2. The van der Waals surface area contributed by atoms with Crippen molar-refractivity contribution in [1.82, 2.24) is 15.5 Å². The number of carbonyl (C=O) groups excluding carboxylic acids is 2. The Balaban J connectivity index is 0.00000272. The molecule has 2 bridgehead atoms. The summed E-state index contributed by atoms with van der Waals surface area (Å²) in [5.74, 6) is 1.34. The molecule has 4 rings (SSSR count). The van der Waals surface area contributed by atoms with E-state index >= 15 is 0 Å². The first-order valence-corrected chi connectivity index (χ1v) is 11.1. The van der Waals surface area contributed by atoms with Crippen molar-refractivity contribution in [2.24, 2.45) is 28.7 Å². The molecule has 2 N–H and O–H groups in total. The van der Waals surface area contributed by atoms with Crippen molar-refractivity contribution in [3.05, 3.63) is 47.5 Å². The van der Waals surface area contributed by atoms with Crippen molar-refractivity contribution in [2.75, 3.05) is 26.2 Å². The van der Waals surface area contributed by atoms with Gasteiger partial charge >= 0.3 is 0 Å². The molecule has 1 aromatic carbocycles. The number of halogens is 1. The fraction of sp³-hybridized carbons (Fsp3) is 0.542. The van der Waals surface area contributed by atoms with Gasteiger partial charge < -0.3 is 10.6 Å². The van der Waals surface area contributed by atoms with E-state index in [2.05, 4.69) is 60.9 Å². The zero-order valence-corrected chi connectivity index (χ0v) is 20.8. The van der Waals surface area contributed by atoms with Crippen LogP contribution in [0.5, 0.6) is 0 Å². The normalized spacial score (nSPS) is 27.3. The molecule has 3 aliphatic rings. The van der Waals surface area contributed by atoms with Crippen molar-refractivity contribution in [2.45, 2.75) is 33.1 Å². The molecule has 1 saturated heterocycles. The maximum Gasteiger partial charge on any atom is 0.233 e. The molecule has 0 spiro atoms. The Morgan fingerprint density at radius 1 is 1.10 bits per heavy atom. The summed E-state index contributed by atoms with van der Waals surface area (Å²) in [5, 5.41) is 6.54. The summed E-state index contributed by atoms with van der Waals surface area (Å²) >= 11 is 0.